The second-order valence-electron chi connectivity index (χ2n) is 6.40. The van der Waals surface area contributed by atoms with Gasteiger partial charge in [-0.25, -0.2) is 0 Å². The third-order valence-electron chi connectivity index (χ3n) is 3.21. The summed E-state index contributed by atoms with van der Waals surface area (Å²) in [5.41, 5.74) is 6.64. The molecule has 0 radical (unpaired) electrons. The van der Waals surface area contributed by atoms with Crippen molar-refractivity contribution in [3.63, 3.8) is 0 Å². The number of benzene rings is 1. The molecule has 0 bridgehead atoms. The number of halogens is 1. The average Bonchev–Trinajstić information content (AvgIpc) is 2.36. The van der Waals surface area contributed by atoms with Crippen LogP contribution >= 0.6 is 11.6 Å². The quantitative estimate of drug-likeness (QED) is 0.848. The van der Waals surface area contributed by atoms with E-state index in [9.17, 15) is 4.79 Å². The van der Waals surface area contributed by atoms with Crippen LogP contribution in [0, 0.1) is 0 Å². The second kappa shape index (κ2) is 7.78. The van der Waals surface area contributed by atoms with Crippen LogP contribution in [-0.4, -0.2) is 36.0 Å². The second-order valence-corrected chi connectivity index (χ2v) is 6.81. The fourth-order valence-corrected chi connectivity index (χ4v) is 2.32. The lowest BCUT2D eigenvalue weighted by Crippen LogP contribution is -2.46. The zero-order valence-corrected chi connectivity index (χ0v) is 14.1. The minimum Gasteiger partial charge on any atom is -0.351 e. The number of carbonyl (C=O) groups excluding carboxylic acids is 1. The molecule has 0 fully saturated rings. The molecule has 1 aromatic rings. The monoisotopic (exact) mass is 311 g/mol. The van der Waals surface area contributed by atoms with Crippen LogP contribution in [0.5, 0.6) is 0 Å². The van der Waals surface area contributed by atoms with Crippen molar-refractivity contribution >= 4 is 17.5 Å². The molecular formula is C16H26ClN3O. The Labute approximate surface area is 132 Å². The van der Waals surface area contributed by atoms with Crippen LogP contribution < -0.4 is 11.1 Å². The van der Waals surface area contributed by atoms with Crippen LogP contribution in [0.1, 0.15) is 32.8 Å². The molecular weight excluding hydrogens is 286 g/mol. The zero-order chi connectivity index (χ0) is 16.0. The maximum Gasteiger partial charge on any atom is 0.222 e. The number of hydrogen-bond donors (Lipinski definition) is 2. The van der Waals surface area contributed by atoms with Crippen LogP contribution in [0.4, 0.5) is 0 Å². The van der Waals surface area contributed by atoms with Gasteiger partial charge in [-0.1, -0.05) is 29.8 Å². The van der Waals surface area contributed by atoms with Crippen molar-refractivity contribution in [3.8, 4) is 0 Å². The topological polar surface area (TPSA) is 58.4 Å². The first-order chi connectivity index (χ1) is 9.73. The largest absolute Gasteiger partial charge is 0.351 e. The third-order valence-corrected chi connectivity index (χ3v) is 3.58. The number of nitrogens with one attached hydrogen (secondary N) is 1. The molecule has 5 heteroatoms. The van der Waals surface area contributed by atoms with Crippen molar-refractivity contribution < 1.29 is 4.79 Å². The minimum absolute atomic E-state index is 0.0105. The van der Waals surface area contributed by atoms with E-state index in [1.807, 2.05) is 52.1 Å². The molecule has 0 spiro atoms. The highest BCUT2D eigenvalue weighted by Gasteiger charge is 2.21. The Hall–Kier alpha value is -1.10. The summed E-state index contributed by atoms with van der Waals surface area (Å²) >= 11 is 6.17. The van der Waals surface area contributed by atoms with Gasteiger partial charge in [0.2, 0.25) is 5.91 Å². The van der Waals surface area contributed by atoms with Gasteiger partial charge >= 0.3 is 0 Å². The van der Waals surface area contributed by atoms with E-state index in [-0.39, 0.29) is 17.5 Å². The van der Waals surface area contributed by atoms with Gasteiger partial charge in [-0.3, -0.25) is 9.69 Å². The first kappa shape index (κ1) is 18.0. The van der Waals surface area contributed by atoms with Gasteiger partial charge in [0.15, 0.2) is 0 Å². The Morgan fingerprint density at radius 1 is 1.38 bits per heavy atom. The molecule has 0 heterocycles. The number of amides is 1. The van der Waals surface area contributed by atoms with Crippen molar-refractivity contribution in [2.24, 2.45) is 5.73 Å². The summed E-state index contributed by atoms with van der Waals surface area (Å²) in [7, 11) is 1.96. The molecule has 0 aliphatic heterocycles. The summed E-state index contributed by atoms with van der Waals surface area (Å²) in [4.78, 5) is 14.1. The van der Waals surface area contributed by atoms with E-state index in [1.165, 1.54) is 0 Å². The molecule has 0 saturated heterocycles. The number of nitrogens with zero attached hydrogens (tertiary/aromatic N) is 1. The van der Waals surface area contributed by atoms with Crippen molar-refractivity contribution in [2.75, 3.05) is 13.6 Å². The summed E-state index contributed by atoms with van der Waals surface area (Å²) in [6, 6.07) is 7.71. The Balaban J connectivity index is 2.63. The highest BCUT2D eigenvalue weighted by atomic mass is 35.5. The number of hydrogen-bond acceptors (Lipinski definition) is 3. The number of likely N-dealkylation sites (N-methyl/N-ethyl adjacent to an activating group) is 1. The SMILES string of the molecule is CN(Cc1ccccc1Cl)C(CN)CC(=O)NC(C)(C)C. The maximum absolute atomic E-state index is 12.0. The Morgan fingerprint density at radius 3 is 2.52 bits per heavy atom. The maximum atomic E-state index is 12.0. The van der Waals surface area contributed by atoms with Crippen molar-refractivity contribution in [3.05, 3.63) is 34.9 Å². The van der Waals surface area contributed by atoms with Crippen molar-refractivity contribution in [1.82, 2.24) is 10.2 Å². The first-order valence-electron chi connectivity index (χ1n) is 7.17. The molecule has 0 aliphatic carbocycles. The van der Waals surface area contributed by atoms with Crippen LogP contribution in [-0.2, 0) is 11.3 Å². The molecule has 0 saturated carbocycles. The average molecular weight is 312 g/mol. The number of rotatable bonds is 6. The zero-order valence-electron chi connectivity index (χ0n) is 13.3. The predicted molar refractivity (Wildman–Crippen MR) is 88.3 cm³/mol. The Bertz CT molecular complexity index is 471. The van der Waals surface area contributed by atoms with Crippen LogP contribution in [0.15, 0.2) is 24.3 Å². The molecule has 21 heavy (non-hydrogen) atoms. The standard InChI is InChI=1S/C16H26ClN3O/c1-16(2,3)19-15(21)9-13(10-18)20(4)11-12-7-5-6-8-14(12)17/h5-8,13H,9-11,18H2,1-4H3,(H,19,21). The van der Waals surface area contributed by atoms with Gasteiger partial charge in [-0.2, -0.15) is 0 Å². The molecule has 1 rings (SSSR count). The van der Waals surface area contributed by atoms with Gasteiger partial charge in [0.1, 0.15) is 0 Å². The first-order valence-corrected chi connectivity index (χ1v) is 7.55. The molecule has 0 aliphatic rings. The molecule has 1 unspecified atom stereocenters. The van der Waals surface area contributed by atoms with Crippen LogP contribution in [0.25, 0.3) is 0 Å². The minimum atomic E-state index is -0.225. The molecule has 1 amide bonds. The normalized spacial score (nSPS) is 13.3. The van der Waals surface area contributed by atoms with Crippen LogP contribution in [0.2, 0.25) is 5.02 Å². The van der Waals surface area contributed by atoms with Crippen molar-refractivity contribution in [2.45, 2.75) is 45.3 Å². The number of nitrogens with two attached hydrogens (primary N) is 1. The summed E-state index contributed by atoms with van der Waals surface area (Å²) in [6.45, 7) is 7.00. The van der Waals surface area contributed by atoms with Gasteiger partial charge in [0.25, 0.3) is 0 Å². The summed E-state index contributed by atoms with van der Waals surface area (Å²) in [6.07, 6.45) is 0.384. The summed E-state index contributed by atoms with van der Waals surface area (Å²) in [5.74, 6) is 0.0176. The van der Waals surface area contributed by atoms with E-state index >= 15 is 0 Å². The van der Waals surface area contributed by atoms with E-state index in [1.54, 1.807) is 0 Å². The van der Waals surface area contributed by atoms with Crippen molar-refractivity contribution in [1.29, 1.82) is 0 Å². The molecule has 4 nitrogen and oxygen atoms in total. The predicted octanol–water partition coefficient (Wildman–Crippen LogP) is 2.40. The smallest absolute Gasteiger partial charge is 0.222 e. The highest BCUT2D eigenvalue weighted by Crippen LogP contribution is 2.18. The Morgan fingerprint density at radius 2 is 2.00 bits per heavy atom. The molecule has 118 valence electrons. The third kappa shape index (κ3) is 6.46. The van der Waals surface area contributed by atoms with Gasteiger partial charge in [-0.05, 0) is 39.4 Å². The fraction of sp³-hybridized carbons (Fsp3) is 0.562. The molecule has 0 aromatic heterocycles. The van der Waals surface area contributed by atoms with Gasteiger partial charge < -0.3 is 11.1 Å². The molecule has 1 atom stereocenters. The Kier molecular flexibility index (Phi) is 6.65. The van der Waals surface area contributed by atoms with E-state index in [0.717, 1.165) is 10.6 Å². The molecule has 3 N–H and O–H groups in total. The highest BCUT2D eigenvalue weighted by molar-refractivity contribution is 6.31. The van der Waals surface area contributed by atoms with E-state index in [4.69, 9.17) is 17.3 Å². The van der Waals surface area contributed by atoms with E-state index in [2.05, 4.69) is 10.2 Å². The summed E-state index contributed by atoms with van der Waals surface area (Å²) < 4.78 is 0. The van der Waals surface area contributed by atoms with Gasteiger partial charge in [0.05, 0.1) is 0 Å². The lowest BCUT2D eigenvalue weighted by Gasteiger charge is -2.28. The van der Waals surface area contributed by atoms with Gasteiger partial charge in [0, 0.05) is 36.1 Å². The van der Waals surface area contributed by atoms with E-state index < -0.39 is 0 Å². The fourth-order valence-electron chi connectivity index (χ4n) is 2.13. The summed E-state index contributed by atoms with van der Waals surface area (Å²) in [5, 5.41) is 3.70. The van der Waals surface area contributed by atoms with E-state index in [0.29, 0.717) is 19.5 Å². The van der Waals surface area contributed by atoms with Gasteiger partial charge in [-0.15, -0.1) is 0 Å². The van der Waals surface area contributed by atoms with Crippen LogP contribution in [0.3, 0.4) is 0 Å². The lowest BCUT2D eigenvalue weighted by atomic mass is 10.1. The lowest BCUT2D eigenvalue weighted by molar-refractivity contribution is -0.123. The number of carbonyl (C=O) groups is 1. The molecule has 1 aromatic carbocycles.